The third kappa shape index (κ3) is 3.67. The Morgan fingerprint density at radius 2 is 1.96 bits per heavy atom. The molecule has 1 aromatic rings. The van der Waals surface area contributed by atoms with Crippen molar-refractivity contribution in [3.8, 4) is 6.07 Å². The van der Waals surface area contributed by atoms with Gasteiger partial charge in [-0.05, 0) is 38.8 Å². The summed E-state index contributed by atoms with van der Waals surface area (Å²) in [5, 5.41) is 9.26. The first kappa shape index (κ1) is 16.9. The van der Waals surface area contributed by atoms with E-state index in [0.29, 0.717) is 18.7 Å². The molecule has 2 heterocycles. The predicted molar refractivity (Wildman–Crippen MR) is 87.0 cm³/mol. The van der Waals surface area contributed by atoms with Crippen molar-refractivity contribution < 1.29 is 9.59 Å². The normalized spacial score (nSPS) is 15.1. The smallest absolute Gasteiger partial charge is 0.247 e. The van der Waals surface area contributed by atoms with Crippen LogP contribution >= 0.6 is 0 Å². The number of hydrogen-bond acceptors (Lipinski definition) is 5. The minimum Gasteiger partial charge on any atom is -0.357 e. The van der Waals surface area contributed by atoms with Crippen molar-refractivity contribution in [2.75, 3.05) is 31.1 Å². The summed E-state index contributed by atoms with van der Waals surface area (Å²) < 4.78 is 0. The largest absolute Gasteiger partial charge is 0.357 e. The monoisotopic (exact) mass is 314 g/mol. The van der Waals surface area contributed by atoms with Gasteiger partial charge in [0.15, 0.2) is 11.7 Å². The molecule has 1 aromatic heterocycles. The van der Waals surface area contributed by atoms with Crippen molar-refractivity contribution in [2.45, 2.75) is 26.7 Å². The fourth-order valence-corrected chi connectivity index (χ4v) is 2.78. The molecule has 1 atom stereocenters. The fourth-order valence-electron chi connectivity index (χ4n) is 2.78. The molecule has 0 saturated carbocycles. The van der Waals surface area contributed by atoms with E-state index in [1.807, 2.05) is 19.9 Å². The number of aromatic nitrogens is 1. The second kappa shape index (κ2) is 7.73. The Kier molecular flexibility index (Phi) is 5.69. The lowest BCUT2D eigenvalue weighted by molar-refractivity contribution is -0.131. The molecule has 0 aromatic carbocycles. The number of ketones is 1. The van der Waals surface area contributed by atoms with Crippen molar-refractivity contribution in [1.82, 2.24) is 9.88 Å². The van der Waals surface area contributed by atoms with E-state index < -0.39 is 11.7 Å². The molecule has 23 heavy (non-hydrogen) atoms. The van der Waals surface area contributed by atoms with Gasteiger partial charge in [-0.3, -0.25) is 9.59 Å². The Labute approximate surface area is 136 Å². The summed E-state index contributed by atoms with van der Waals surface area (Å²) in [6.45, 7) is 6.97. The fraction of sp³-hybridized carbons (Fsp3) is 0.529. The zero-order chi connectivity index (χ0) is 16.8. The number of rotatable bonds is 6. The molecule has 1 aliphatic rings. The van der Waals surface area contributed by atoms with Crippen LogP contribution in [0.1, 0.15) is 37.0 Å². The summed E-state index contributed by atoms with van der Waals surface area (Å²) in [7, 11) is 0. The van der Waals surface area contributed by atoms with Gasteiger partial charge < -0.3 is 9.80 Å². The topological polar surface area (TPSA) is 77.3 Å². The van der Waals surface area contributed by atoms with Crippen LogP contribution in [0.4, 0.5) is 5.82 Å². The Morgan fingerprint density at radius 3 is 2.43 bits per heavy atom. The van der Waals surface area contributed by atoms with E-state index in [2.05, 4.69) is 9.88 Å². The second-order valence-corrected chi connectivity index (χ2v) is 5.54. The number of carbonyl (C=O) groups is 2. The minimum absolute atomic E-state index is 0.306. The van der Waals surface area contributed by atoms with Gasteiger partial charge in [-0.25, -0.2) is 4.98 Å². The van der Waals surface area contributed by atoms with Crippen molar-refractivity contribution in [3.63, 3.8) is 0 Å². The molecule has 0 radical (unpaired) electrons. The van der Waals surface area contributed by atoms with Crippen LogP contribution in [0.25, 0.3) is 0 Å². The lowest BCUT2D eigenvalue weighted by atomic mass is 9.98. The van der Waals surface area contributed by atoms with Gasteiger partial charge in [0.25, 0.3) is 0 Å². The lowest BCUT2D eigenvalue weighted by Gasteiger charge is -2.20. The summed E-state index contributed by atoms with van der Waals surface area (Å²) >= 11 is 0. The molecule has 6 heteroatoms. The van der Waals surface area contributed by atoms with E-state index in [0.717, 1.165) is 31.7 Å². The van der Waals surface area contributed by atoms with Crippen LogP contribution < -0.4 is 4.90 Å². The standard InChI is InChI=1S/C17H22N4O2/c1-3-20(4-2)15-8-7-13(12-19-15)16(22)14(11-18)17(23)21-9-5-6-10-21/h7-8,12,14H,3-6,9-10H2,1-2H3/t14-/m1/s1. The molecular weight excluding hydrogens is 292 g/mol. The maximum Gasteiger partial charge on any atom is 0.247 e. The SMILES string of the molecule is CCN(CC)c1ccc(C(=O)[C@@H](C#N)C(=O)N2CCCC2)cn1. The third-order valence-electron chi connectivity index (χ3n) is 4.18. The van der Waals surface area contributed by atoms with Crippen molar-refractivity contribution >= 4 is 17.5 Å². The first-order chi connectivity index (χ1) is 11.1. The van der Waals surface area contributed by atoms with Gasteiger partial charge in [0.1, 0.15) is 5.82 Å². The maximum atomic E-state index is 12.5. The van der Waals surface area contributed by atoms with Crippen LogP contribution in [-0.2, 0) is 4.79 Å². The third-order valence-corrected chi connectivity index (χ3v) is 4.18. The summed E-state index contributed by atoms with van der Waals surface area (Å²) in [6, 6.07) is 5.26. The maximum absolute atomic E-state index is 12.5. The molecule has 0 spiro atoms. The Morgan fingerprint density at radius 1 is 1.30 bits per heavy atom. The predicted octanol–water partition coefficient (Wildman–Crippen LogP) is 1.87. The molecule has 1 aliphatic heterocycles. The number of anilines is 1. The minimum atomic E-state index is -1.27. The Hall–Kier alpha value is -2.42. The van der Waals surface area contributed by atoms with E-state index in [4.69, 9.17) is 0 Å². The summed E-state index contributed by atoms with van der Waals surface area (Å²) in [5.41, 5.74) is 0.306. The highest BCUT2D eigenvalue weighted by molar-refractivity contribution is 6.12. The molecule has 122 valence electrons. The van der Waals surface area contributed by atoms with Crippen molar-refractivity contribution in [1.29, 1.82) is 5.26 Å². The van der Waals surface area contributed by atoms with Gasteiger partial charge in [0, 0.05) is 37.9 Å². The first-order valence-electron chi connectivity index (χ1n) is 8.06. The van der Waals surface area contributed by atoms with Crippen LogP contribution in [0.3, 0.4) is 0 Å². The van der Waals surface area contributed by atoms with Gasteiger partial charge >= 0.3 is 0 Å². The number of pyridine rings is 1. The van der Waals surface area contributed by atoms with Crippen molar-refractivity contribution in [3.05, 3.63) is 23.9 Å². The number of nitrogens with zero attached hydrogens (tertiary/aromatic N) is 4. The van der Waals surface area contributed by atoms with E-state index in [-0.39, 0.29) is 5.91 Å². The number of Topliss-reactive ketones (excluding diaryl/α,β-unsaturated/α-hetero) is 1. The average molecular weight is 314 g/mol. The molecule has 0 unspecified atom stereocenters. The summed E-state index contributed by atoms with van der Waals surface area (Å²) in [5.74, 6) is -1.34. The number of likely N-dealkylation sites (tertiary alicyclic amines) is 1. The molecule has 0 bridgehead atoms. The highest BCUT2D eigenvalue weighted by Gasteiger charge is 2.32. The highest BCUT2D eigenvalue weighted by atomic mass is 16.2. The zero-order valence-corrected chi connectivity index (χ0v) is 13.7. The average Bonchev–Trinajstić information content (AvgIpc) is 3.11. The number of carbonyl (C=O) groups excluding carboxylic acids is 2. The van der Waals surface area contributed by atoms with Gasteiger partial charge in [0.2, 0.25) is 5.91 Å². The zero-order valence-electron chi connectivity index (χ0n) is 13.7. The summed E-state index contributed by atoms with van der Waals surface area (Å²) in [4.78, 5) is 32.7. The van der Waals surface area contributed by atoms with Crippen LogP contribution in [0.15, 0.2) is 18.3 Å². The molecule has 2 rings (SSSR count). The van der Waals surface area contributed by atoms with Crippen LogP contribution in [-0.4, -0.2) is 47.8 Å². The first-order valence-corrected chi connectivity index (χ1v) is 8.06. The van der Waals surface area contributed by atoms with Gasteiger partial charge in [-0.1, -0.05) is 0 Å². The molecular formula is C17H22N4O2. The van der Waals surface area contributed by atoms with Crippen LogP contribution in [0.5, 0.6) is 0 Å². The van der Waals surface area contributed by atoms with E-state index >= 15 is 0 Å². The quantitative estimate of drug-likeness (QED) is 0.592. The Balaban J connectivity index is 2.14. The van der Waals surface area contributed by atoms with Crippen LogP contribution in [0.2, 0.25) is 0 Å². The molecule has 6 nitrogen and oxygen atoms in total. The summed E-state index contributed by atoms with van der Waals surface area (Å²) in [6.07, 6.45) is 3.31. The number of hydrogen-bond donors (Lipinski definition) is 0. The van der Waals surface area contributed by atoms with Gasteiger partial charge in [0.05, 0.1) is 6.07 Å². The highest BCUT2D eigenvalue weighted by Crippen LogP contribution is 2.17. The second-order valence-electron chi connectivity index (χ2n) is 5.54. The van der Waals surface area contributed by atoms with E-state index in [1.54, 1.807) is 17.0 Å². The van der Waals surface area contributed by atoms with E-state index in [9.17, 15) is 14.9 Å². The molecule has 0 aliphatic carbocycles. The van der Waals surface area contributed by atoms with E-state index in [1.165, 1.54) is 6.20 Å². The molecule has 1 amide bonds. The molecule has 0 N–H and O–H groups in total. The Bertz CT molecular complexity index is 596. The van der Waals surface area contributed by atoms with Crippen LogP contribution in [0, 0.1) is 17.2 Å². The molecule has 1 fully saturated rings. The number of amides is 1. The lowest BCUT2D eigenvalue weighted by Crippen LogP contribution is -2.37. The van der Waals surface area contributed by atoms with Gasteiger partial charge in [-0.15, -0.1) is 0 Å². The van der Waals surface area contributed by atoms with Crippen molar-refractivity contribution in [2.24, 2.45) is 5.92 Å². The number of nitriles is 1. The molecule has 1 saturated heterocycles. The van der Waals surface area contributed by atoms with Gasteiger partial charge in [-0.2, -0.15) is 5.26 Å².